The Morgan fingerprint density at radius 2 is 2.00 bits per heavy atom. The first kappa shape index (κ1) is 15.0. The topological polar surface area (TPSA) is 50.1 Å². The van der Waals surface area contributed by atoms with Crippen LogP contribution in [0.3, 0.4) is 0 Å². The van der Waals surface area contributed by atoms with Crippen LogP contribution in [-0.2, 0) is 0 Å². The van der Waals surface area contributed by atoms with Crippen molar-refractivity contribution >= 4 is 27.8 Å². The largest absolute Gasteiger partial charge is 0.479 e. The zero-order valence-corrected chi connectivity index (χ0v) is 12.7. The van der Waals surface area contributed by atoms with Crippen molar-refractivity contribution in [3.63, 3.8) is 0 Å². The van der Waals surface area contributed by atoms with Gasteiger partial charge in [-0.05, 0) is 35.9 Å². The Morgan fingerprint density at radius 1 is 1.24 bits per heavy atom. The summed E-state index contributed by atoms with van der Waals surface area (Å²) in [7, 11) is 0. The molecule has 0 saturated carbocycles. The summed E-state index contributed by atoms with van der Waals surface area (Å²) >= 11 is 3.34. The SMILES string of the molecule is N#CCOc1ccc(/C=C/C(=O)c2cccc(Br)c2)cc1. The molecule has 0 saturated heterocycles. The summed E-state index contributed by atoms with van der Waals surface area (Å²) in [5, 5.41) is 8.43. The van der Waals surface area contributed by atoms with E-state index in [1.807, 2.05) is 30.3 Å². The Balaban J connectivity index is 2.04. The minimum Gasteiger partial charge on any atom is -0.479 e. The van der Waals surface area contributed by atoms with Crippen LogP contribution in [0.25, 0.3) is 6.08 Å². The Morgan fingerprint density at radius 3 is 2.67 bits per heavy atom. The van der Waals surface area contributed by atoms with Crippen LogP contribution in [0.2, 0.25) is 0 Å². The van der Waals surface area contributed by atoms with Gasteiger partial charge in [0.25, 0.3) is 0 Å². The van der Waals surface area contributed by atoms with Gasteiger partial charge in [-0.25, -0.2) is 0 Å². The maximum atomic E-state index is 12.0. The first-order valence-electron chi connectivity index (χ1n) is 6.27. The average molecular weight is 342 g/mol. The fourth-order valence-electron chi connectivity index (χ4n) is 1.70. The van der Waals surface area contributed by atoms with E-state index < -0.39 is 0 Å². The first-order valence-corrected chi connectivity index (χ1v) is 7.06. The van der Waals surface area contributed by atoms with Crippen LogP contribution in [0.4, 0.5) is 0 Å². The molecule has 0 bridgehead atoms. The molecular weight excluding hydrogens is 330 g/mol. The lowest BCUT2D eigenvalue weighted by atomic mass is 10.1. The van der Waals surface area contributed by atoms with Crippen molar-refractivity contribution in [1.29, 1.82) is 5.26 Å². The third-order valence-corrected chi connectivity index (χ3v) is 3.21. The van der Waals surface area contributed by atoms with Gasteiger partial charge in [0.05, 0.1) is 0 Å². The summed E-state index contributed by atoms with van der Waals surface area (Å²) < 4.78 is 6.04. The van der Waals surface area contributed by atoms with E-state index in [0.717, 1.165) is 10.0 Å². The summed E-state index contributed by atoms with van der Waals surface area (Å²) in [6.45, 7) is 0.0244. The van der Waals surface area contributed by atoms with Crippen molar-refractivity contribution in [2.45, 2.75) is 0 Å². The van der Waals surface area contributed by atoms with Crippen LogP contribution in [0.1, 0.15) is 15.9 Å². The number of ketones is 1. The monoisotopic (exact) mass is 341 g/mol. The molecule has 2 rings (SSSR count). The smallest absolute Gasteiger partial charge is 0.185 e. The molecule has 0 atom stereocenters. The van der Waals surface area contributed by atoms with Crippen molar-refractivity contribution in [3.8, 4) is 11.8 Å². The van der Waals surface area contributed by atoms with E-state index in [-0.39, 0.29) is 12.4 Å². The van der Waals surface area contributed by atoms with Gasteiger partial charge in [-0.3, -0.25) is 4.79 Å². The minimum absolute atomic E-state index is 0.0244. The second-order valence-electron chi connectivity index (χ2n) is 4.22. The second-order valence-corrected chi connectivity index (χ2v) is 5.14. The number of halogens is 1. The lowest BCUT2D eigenvalue weighted by molar-refractivity contribution is 0.104. The van der Waals surface area contributed by atoms with E-state index in [1.165, 1.54) is 6.08 Å². The molecule has 2 aromatic carbocycles. The third kappa shape index (κ3) is 4.59. The molecule has 0 fully saturated rings. The quantitative estimate of drug-likeness (QED) is 0.603. The van der Waals surface area contributed by atoms with Gasteiger partial charge in [-0.15, -0.1) is 0 Å². The van der Waals surface area contributed by atoms with Crippen LogP contribution < -0.4 is 4.74 Å². The Kier molecular flexibility index (Phi) is 5.30. The third-order valence-electron chi connectivity index (χ3n) is 2.72. The number of rotatable bonds is 5. The Bertz CT molecular complexity index is 699. The normalized spacial score (nSPS) is 10.3. The highest BCUT2D eigenvalue weighted by Gasteiger charge is 2.01. The van der Waals surface area contributed by atoms with Crippen LogP contribution in [0.5, 0.6) is 5.75 Å². The molecule has 0 amide bonds. The molecule has 0 spiro atoms. The number of ether oxygens (including phenoxy) is 1. The number of carbonyl (C=O) groups excluding carboxylic acids is 1. The highest BCUT2D eigenvalue weighted by Crippen LogP contribution is 2.15. The summed E-state index contributed by atoms with van der Waals surface area (Å²) in [5.74, 6) is 0.577. The van der Waals surface area contributed by atoms with Gasteiger partial charge in [-0.2, -0.15) is 5.26 Å². The molecule has 0 radical (unpaired) electrons. The molecule has 2 aromatic rings. The first-order chi connectivity index (χ1) is 10.2. The number of nitrogens with zero attached hydrogens (tertiary/aromatic N) is 1. The summed E-state index contributed by atoms with van der Waals surface area (Å²) in [6, 6.07) is 16.4. The van der Waals surface area contributed by atoms with E-state index in [0.29, 0.717) is 11.3 Å². The lowest BCUT2D eigenvalue weighted by Gasteiger charge is -2.01. The van der Waals surface area contributed by atoms with Crippen molar-refractivity contribution in [3.05, 3.63) is 70.2 Å². The van der Waals surface area contributed by atoms with Gasteiger partial charge in [-0.1, -0.05) is 46.3 Å². The number of hydrogen-bond acceptors (Lipinski definition) is 3. The van der Waals surface area contributed by atoms with E-state index in [4.69, 9.17) is 10.00 Å². The molecule has 0 aliphatic rings. The summed E-state index contributed by atoms with van der Waals surface area (Å²) in [5.41, 5.74) is 1.53. The molecular formula is C17H12BrNO2. The van der Waals surface area contributed by atoms with Crippen molar-refractivity contribution in [2.75, 3.05) is 6.61 Å². The fourth-order valence-corrected chi connectivity index (χ4v) is 2.10. The number of benzene rings is 2. The minimum atomic E-state index is -0.0545. The Hall–Kier alpha value is -2.38. The molecule has 104 valence electrons. The van der Waals surface area contributed by atoms with Crippen molar-refractivity contribution < 1.29 is 9.53 Å². The second kappa shape index (κ2) is 7.41. The summed E-state index contributed by atoms with van der Waals surface area (Å²) in [4.78, 5) is 12.0. The van der Waals surface area contributed by atoms with Gasteiger partial charge in [0.1, 0.15) is 11.8 Å². The molecule has 0 N–H and O–H groups in total. The van der Waals surface area contributed by atoms with Crippen LogP contribution in [-0.4, -0.2) is 12.4 Å². The van der Waals surface area contributed by atoms with Crippen LogP contribution in [0.15, 0.2) is 59.1 Å². The van der Waals surface area contributed by atoms with Gasteiger partial charge >= 0.3 is 0 Å². The van der Waals surface area contributed by atoms with Crippen molar-refractivity contribution in [1.82, 2.24) is 0 Å². The van der Waals surface area contributed by atoms with E-state index in [9.17, 15) is 4.79 Å². The highest BCUT2D eigenvalue weighted by atomic mass is 79.9. The summed E-state index contributed by atoms with van der Waals surface area (Å²) in [6.07, 6.45) is 3.28. The molecule has 0 aliphatic heterocycles. The zero-order valence-electron chi connectivity index (χ0n) is 11.1. The van der Waals surface area contributed by atoms with Gasteiger partial charge in [0.15, 0.2) is 12.4 Å². The number of hydrogen-bond donors (Lipinski definition) is 0. The van der Waals surface area contributed by atoms with Gasteiger partial charge < -0.3 is 4.74 Å². The number of carbonyl (C=O) groups is 1. The molecule has 0 aromatic heterocycles. The number of allylic oxidation sites excluding steroid dienone is 1. The molecule has 21 heavy (non-hydrogen) atoms. The predicted molar refractivity (Wildman–Crippen MR) is 85.1 cm³/mol. The maximum absolute atomic E-state index is 12.0. The van der Waals surface area contributed by atoms with Gasteiger partial charge in [0.2, 0.25) is 0 Å². The lowest BCUT2D eigenvalue weighted by Crippen LogP contribution is -1.94. The Labute approximate surface area is 131 Å². The fraction of sp³-hybridized carbons (Fsp3) is 0.0588. The van der Waals surface area contributed by atoms with Crippen LogP contribution >= 0.6 is 15.9 Å². The van der Waals surface area contributed by atoms with E-state index in [2.05, 4.69) is 15.9 Å². The van der Waals surface area contributed by atoms with Crippen molar-refractivity contribution in [2.24, 2.45) is 0 Å². The maximum Gasteiger partial charge on any atom is 0.185 e. The molecule has 3 nitrogen and oxygen atoms in total. The molecule has 0 unspecified atom stereocenters. The predicted octanol–water partition coefficient (Wildman–Crippen LogP) is 4.25. The number of nitriles is 1. The highest BCUT2D eigenvalue weighted by molar-refractivity contribution is 9.10. The molecule has 0 aliphatic carbocycles. The van der Waals surface area contributed by atoms with Crippen LogP contribution in [0, 0.1) is 11.3 Å². The van der Waals surface area contributed by atoms with Gasteiger partial charge in [0, 0.05) is 10.0 Å². The zero-order chi connectivity index (χ0) is 15.1. The standard InChI is InChI=1S/C17H12BrNO2/c18-15-3-1-2-14(12-15)17(20)9-6-13-4-7-16(8-5-13)21-11-10-19/h1-9,12H,11H2/b9-6+. The van der Waals surface area contributed by atoms with E-state index >= 15 is 0 Å². The molecule has 0 heterocycles. The average Bonchev–Trinajstić information content (AvgIpc) is 2.51. The molecule has 4 heteroatoms. The van der Waals surface area contributed by atoms with E-state index in [1.54, 1.807) is 30.3 Å².